The van der Waals surface area contributed by atoms with Gasteiger partial charge in [-0.1, -0.05) is 13.8 Å². The molecule has 7 heteroatoms. The van der Waals surface area contributed by atoms with Crippen molar-refractivity contribution in [3.63, 3.8) is 0 Å². The lowest BCUT2D eigenvalue weighted by Gasteiger charge is -2.16. The van der Waals surface area contributed by atoms with Gasteiger partial charge in [-0.3, -0.25) is 9.53 Å². The van der Waals surface area contributed by atoms with Crippen LogP contribution in [0.1, 0.15) is 19.5 Å². The largest absolute Gasteiger partial charge is 0.390 e. The highest BCUT2D eigenvalue weighted by atomic mass is 35.5. The van der Waals surface area contributed by atoms with E-state index in [4.69, 9.17) is 11.6 Å². The van der Waals surface area contributed by atoms with Crippen LogP contribution in [0.5, 0.6) is 0 Å². The molecule has 0 bridgehead atoms. The van der Waals surface area contributed by atoms with Gasteiger partial charge in [0.2, 0.25) is 11.1 Å². The standard InChI is InChI=1S/C11H16ClN3O2S/c1-6(2)8(5-16)13-10-9-7(3-4-18(9)17)14-11(12)15-10/h6,8,16H,3-5H2,1-2H3,(H,13,14,15)/p+1. The molecule has 18 heavy (non-hydrogen) atoms. The van der Waals surface area contributed by atoms with Crippen LogP contribution in [-0.2, 0) is 17.2 Å². The third-order valence-electron chi connectivity index (χ3n) is 3.13. The van der Waals surface area contributed by atoms with Crippen molar-refractivity contribution in [1.82, 2.24) is 9.97 Å². The Morgan fingerprint density at radius 3 is 2.83 bits per heavy atom. The monoisotopic (exact) mass is 290 g/mol. The van der Waals surface area contributed by atoms with Gasteiger partial charge in [0.25, 0.3) is 0 Å². The van der Waals surface area contributed by atoms with Gasteiger partial charge in [0.1, 0.15) is 10.9 Å². The minimum absolute atomic E-state index is 0.0160. The minimum atomic E-state index is -1.05. The first kappa shape index (κ1) is 13.9. The van der Waals surface area contributed by atoms with Crippen LogP contribution in [0.4, 0.5) is 5.82 Å². The number of nitrogens with two attached hydrogens (primary N) is 1. The Labute approximate surface area is 113 Å². The van der Waals surface area contributed by atoms with Crippen molar-refractivity contribution in [3.8, 4) is 0 Å². The van der Waals surface area contributed by atoms with E-state index in [0.717, 1.165) is 5.69 Å². The highest BCUT2D eigenvalue weighted by Crippen LogP contribution is 2.26. The summed E-state index contributed by atoms with van der Waals surface area (Å²) >= 11 is 5.88. The zero-order chi connectivity index (χ0) is 13.3. The van der Waals surface area contributed by atoms with Crippen LogP contribution in [-0.4, -0.2) is 37.7 Å². The molecule has 1 aliphatic heterocycles. The first-order valence-electron chi connectivity index (χ1n) is 5.93. The molecule has 2 atom stereocenters. The highest BCUT2D eigenvalue weighted by Gasteiger charge is 2.30. The lowest BCUT2D eigenvalue weighted by Crippen LogP contribution is -2.87. The highest BCUT2D eigenvalue weighted by molar-refractivity contribution is 7.85. The summed E-state index contributed by atoms with van der Waals surface area (Å²) in [5.74, 6) is 1.49. The number of hydrogen-bond donors (Lipinski definition) is 2. The van der Waals surface area contributed by atoms with Gasteiger partial charge in [-0.2, -0.15) is 4.98 Å². The number of fused-ring (bicyclic) bond motifs is 1. The molecular formula is C11H17ClN3O2S+. The summed E-state index contributed by atoms with van der Waals surface area (Å²) in [5.41, 5.74) is 0.778. The Balaban J connectivity index is 2.36. The first-order chi connectivity index (χ1) is 8.52. The molecule has 0 spiro atoms. The number of aliphatic hydroxyl groups excluding tert-OH is 1. The second-order valence-corrected chi connectivity index (χ2v) is 6.56. The van der Waals surface area contributed by atoms with E-state index in [1.54, 1.807) is 0 Å². The van der Waals surface area contributed by atoms with Crippen LogP contribution < -0.4 is 5.32 Å². The van der Waals surface area contributed by atoms with Gasteiger partial charge in [-0.25, -0.2) is 4.98 Å². The molecule has 2 rings (SSSR count). The topological polar surface area (TPSA) is 79.7 Å². The quantitative estimate of drug-likeness (QED) is 0.766. The average molecular weight is 291 g/mol. The van der Waals surface area contributed by atoms with Gasteiger partial charge in [0, 0.05) is 18.1 Å². The van der Waals surface area contributed by atoms with Gasteiger partial charge in [-0.15, -0.1) is 0 Å². The Kier molecular flexibility index (Phi) is 4.32. The Morgan fingerprint density at radius 1 is 1.50 bits per heavy atom. The van der Waals surface area contributed by atoms with Crippen LogP contribution in [0.25, 0.3) is 0 Å². The zero-order valence-electron chi connectivity index (χ0n) is 10.4. The number of aliphatic hydroxyl groups is 1. The number of aryl methyl sites for hydroxylation is 1. The second kappa shape index (κ2) is 5.61. The molecule has 0 radical (unpaired) electrons. The number of aromatic nitrogens is 2. The molecule has 0 amide bonds. The number of hydrogen-bond acceptors (Lipinski definition) is 4. The van der Waals surface area contributed by atoms with E-state index in [0.29, 0.717) is 22.9 Å². The van der Waals surface area contributed by atoms with Gasteiger partial charge in [0.05, 0.1) is 23.1 Å². The van der Waals surface area contributed by atoms with Crippen molar-refractivity contribution in [2.75, 3.05) is 12.4 Å². The molecular weight excluding hydrogens is 274 g/mol. The third kappa shape index (κ3) is 2.71. The smallest absolute Gasteiger partial charge is 0.245 e. The van der Waals surface area contributed by atoms with Crippen molar-refractivity contribution >= 4 is 28.2 Å². The third-order valence-corrected chi connectivity index (χ3v) is 4.77. The maximum Gasteiger partial charge on any atom is 0.245 e. The van der Waals surface area contributed by atoms with E-state index in [1.165, 1.54) is 0 Å². The first-order valence-corrected chi connectivity index (χ1v) is 7.63. The Hall–Kier alpha value is -0.560. The van der Waals surface area contributed by atoms with Crippen molar-refractivity contribution in [3.05, 3.63) is 11.0 Å². The van der Waals surface area contributed by atoms with E-state index in [-0.39, 0.29) is 23.9 Å². The van der Waals surface area contributed by atoms with Gasteiger partial charge in [0.15, 0.2) is 0 Å². The molecule has 3 N–H and O–H groups in total. The van der Waals surface area contributed by atoms with E-state index < -0.39 is 10.8 Å². The van der Waals surface area contributed by atoms with Crippen LogP contribution in [0.3, 0.4) is 0 Å². The van der Waals surface area contributed by atoms with E-state index in [9.17, 15) is 9.32 Å². The zero-order valence-corrected chi connectivity index (χ0v) is 12.0. The van der Waals surface area contributed by atoms with Crippen LogP contribution >= 0.6 is 11.6 Å². The predicted octanol–water partition coefficient (Wildman–Crippen LogP) is 0.00550. The normalized spacial score (nSPS) is 20.2. The van der Waals surface area contributed by atoms with Crippen molar-refractivity contribution in [1.29, 1.82) is 0 Å². The molecule has 1 aromatic rings. The molecule has 100 valence electrons. The molecule has 0 aromatic carbocycles. The fraction of sp³-hybridized carbons (Fsp3) is 0.636. The number of nitrogens with zero attached hydrogens (tertiary/aromatic N) is 2. The second-order valence-electron chi connectivity index (χ2n) is 4.71. The molecule has 2 heterocycles. The van der Waals surface area contributed by atoms with Crippen molar-refractivity contribution in [2.24, 2.45) is 5.92 Å². The average Bonchev–Trinajstić information content (AvgIpc) is 2.67. The molecule has 0 fully saturated rings. The lowest BCUT2D eigenvalue weighted by molar-refractivity contribution is -0.625. The van der Waals surface area contributed by atoms with Crippen molar-refractivity contribution < 1.29 is 14.6 Å². The summed E-state index contributed by atoms with van der Waals surface area (Å²) in [7, 11) is -1.05. The van der Waals surface area contributed by atoms with Gasteiger partial charge < -0.3 is 5.11 Å². The van der Waals surface area contributed by atoms with Gasteiger partial charge >= 0.3 is 0 Å². The summed E-state index contributed by atoms with van der Waals surface area (Å²) in [6.45, 7) is 4.09. The molecule has 1 aliphatic rings. The summed E-state index contributed by atoms with van der Waals surface area (Å²) in [6.07, 6.45) is 0.677. The van der Waals surface area contributed by atoms with E-state index >= 15 is 0 Å². The summed E-state index contributed by atoms with van der Waals surface area (Å²) in [5, 5.41) is 11.4. The van der Waals surface area contributed by atoms with Gasteiger partial charge in [-0.05, 0) is 11.6 Å². The Morgan fingerprint density at radius 2 is 2.22 bits per heavy atom. The fourth-order valence-corrected chi connectivity index (χ4v) is 3.50. The van der Waals surface area contributed by atoms with Crippen LogP contribution in [0.15, 0.2) is 4.90 Å². The van der Waals surface area contributed by atoms with E-state index in [2.05, 4.69) is 9.97 Å². The SMILES string of the molecule is CC(C)C(CO)[NH2+]c1nc(Cl)nc2c1S(=O)CC2. The summed E-state index contributed by atoms with van der Waals surface area (Å²) < 4.78 is 11.9. The Bertz CT molecular complexity index is 482. The molecule has 5 nitrogen and oxygen atoms in total. The lowest BCUT2D eigenvalue weighted by atomic mass is 10.1. The predicted molar refractivity (Wildman–Crippen MR) is 69.3 cm³/mol. The number of quaternary nitrogens is 1. The maximum atomic E-state index is 11.9. The molecule has 1 aromatic heterocycles. The maximum absolute atomic E-state index is 11.9. The van der Waals surface area contributed by atoms with Crippen LogP contribution in [0, 0.1) is 5.92 Å². The van der Waals surface area contributed by atoms with Crippen LogP contribution in [0.2, 0.25) is 5.28 Å². The van der Waals surface area contributed by atoms with Crippen molar-refractivity contribution in [2.45, 2.75) is 31.2 Å². The number of halogens is 1. The molecule has 0 saturated carbocycles. The van der Waals surface area contributed by atoms with E-state index in [1.807, 2.05) is 19.2 Å². The summed E-state index contributed by atoms with van der Waals surface area (Å²) in [6, 6.07) is -0.0160. The fourth-order valence-electron chi connectivity index (χ4n) is 1.97. The summed E-state index contributed by atoms with van der Waals surface area (Å²) in [4.78, 5) is 8.97. The molecule has 0 aliphatic carbocycles. The minimum Gasteiger partial charge on any atom is -0.390 e. The molecule has 2 unspecified atom stereocenters. The number of rotatable bonds is 4. The molecule has 0 saturated heterocycles.